The molecule has 5 heteroatoms. The second-order valence-corrected chi connectivity index (χ2v) is 9.30. The van der Waals surface area contributed by atoms with Crippen LogP contribution in [0.3, 0.4) is 0 Å². The number of benzene rings is 2. The molecule has 3 atom stereocenters. The average molecular weight is 436 g/mol. The molecule has 172 valence electrons. The molecule has 4 rings (SSSR count). The smallest absolute Gasteiger partial charge is 0.238 e. The van der Waals surface area contributed by atoms with E-state index in [9.17, 15) is 9.90 Å². The van der Waals surface area contributed by atoms with Crippen molar-refractivity contribution in [2.24, 2.45) is 5.92 Å². The Bertz CT molecular complexity index is 882. The highest BCUT2D eigenvalue weighted by Gasteiger charge is 2.49. The Labute approximate surface area is 192 Å². The average Bonchev–Trinajstić information content (AvgIpc) is 2.81. The van der Waals surface area contributed by atoms with Gasteiger partial charge in [-0.25, -0.2) is 0 Å². The zero-order valence-corrected chi connectivity index (χ0v) is 19.5. The first kappa shape index (κ1) is 22.8. The van der Waals surface area contributed by atoms with E-state index in [2.05, 4.69) is 53.2 Å². The van der Waals surface area contributed by atoms with E-state index in [4.69, 9.17) is 0 Å². The lowest BCUT2D eigenvalue weighted by Gasteiger charge is -2.52. The van der Waals surface area contributed by atoms with Crippen molar-refractivity contribution < 1.29 is 9.90 Å². The van der Waals surface area contributed by atoms with E-state index in [0.29, 0.717) is 6.54 Å². The Morgan fingerprint density at radius 3 is 2.47 bits per heavy atom. The fourth-order valence-electron chi connectivity index (χ4n) is 5.74. The van der Waals surface area contributed by atoms with E-state index in [1.165, 1.54) is 11.3 Å². The summed E-state index contributed by atoms with van der Waals surface area (Å²) in [6.45, 7) is 7.38. The number of hydrogen-bond donors (Lipinski definition) is 2. The molecule has 1 aliphatic heterocycles. The maximum atomic E-state index is 12.9. The molecule has 1 amide bonds. The lowest BCUT2D eigenvalue weighted by atomic mass is 9.66. The van der Waals surface area contributed by atoms with Crippen LogP contribution < -0.4 is 10.2 Å². The first-order chi connectivity index (χ1) is 15.5. The molecule has 1 heterocycles. The van der Waals surface area contributed by atoms with Crippen LogP contribution in [0.15, 0.2) is 54.6 Å². The molecule has 2 aromatic carbocycles. The van der Waals surface area contributed by atoms with Gasteiger partial charge >= 0.3 is 0 Å². The van der Waals surface area contributed by atoms with Gasteiger partial charge in [0.05, 0.1) is 12.1 Å². The van der Waals surface area contributed by atoms with Gasteiger partial charge in [0.15, 0.2) is 0 Å². The van der Waals surface area contributed by atoms with Crippen LogP contribution >= 0.6 is 0 Å². The summed E-state index contributed by atoms with van der Waals surface area (Å²) >= 11 is 0. The van der Waals surface area contributed by atoms with Crippen molar-refractivity contribution in [3.63, 3.8) is 0 Å². The van der Waals surface area contributed by atoms with Crippen molar-refractivity contribution in [2.75, 3.05) is 36.4 Å². The number of fused-ring (bicyclic) bond motifs is 1. The lowest BCUT2D eigenvalue weighted by molar-refractivity contribution is -0.135. The topological polar surface area (TPSA) is 55.8 Å². The standard InChI is InChI=1S/C27H37N3O2/c1-3-29(4-2)23-15-13-21(14-16-23)26-24-12-8-9-17-27(24,32)18-19-30(26)20-25(31)28-22-10-6-5-7-11-22/h5-7,10-11,13-16,24,26,32H,3-4,8-9,12,17-20H2,1-2H3,(H,28,31)/t24-,26+,27+/m0/s1. The van der Waals surface area contributed by atoms with Crippen LogP contribution in [-0.2, 0) is 4.79 Å². The fourth-order valence-corrected chi connectivity index (χ4v) is 5.74. The van der Waals surface area contributed by atoms with Gasteiger partial charge in [-0.05, 0) is 62.9 Å². The van der Waals surface area contributed by atoms with E-state index in [1.807, 2.05) is 30.3 Å². The zero-order valence-electron chi connectivity index (χ0n) is 19.5. The van der Waals surface area contributed by atoms with Crippen LogP contribution in [0.1, 0.15) is 57.6 Å². The van der Waals surface area contributed by atoms with Gasteiger partial charge in [0, 0.05) is 43.0 Å². The normalized spacial score (nSPS) is 25.7. The molecule has 1 saturated carbocycles. The minimum atomic E-state index is -0.618. The molecule has 0 aromatic heterocycles. The van der Waals surface area contributed by atoms with Gasteiger partial charge in [-0.2, -0.15) is 0 Å². The molecular formula is C27H37N3O2. The second-order valence-electron chi connectivity index (χ2n) is 9.30. The molecule has 2 aromatic rings. The molecular weight excluding hydrogens is 398 g/mol. The van der Waals surface area contributed by atoms with Gasteiger partial charge < -0.3 is 15.3 Å². The summed E-state index contributed by atoms with van der Waals surface area (Å²) in [5.41, 5.74) is 2.64. The third-order valence-electron chi connectivity index (χ3n) is 7.44. The third-order valence-corrected chi connectivity index (χ3v) is 7.44. The molecule has 0 spiro atoms. The summed E-state index contributed by atoms with van der Waals surface area (Å²) < 4.78 is 0. The highest BCUT2D eigenvalue weighted by Crippen LogP contribution is 2.49. The first-order valence-electron chi connectivity index (χ1n) is 12.2. The van der Waals surface area contributed by atoms with Crippen LogP contribution in [-0.4, -0.2) is 47.7 Å². The molecule has 0 unspecified atom stereocenters. The highest BCUT2D eigenvalue weighted by atomic mass is 16.3. The number of para-hydroxylation sites is 1. The SMILES string of the molecule is CCN(CC)c1ccc([C@@H]2[C@@H]3CCCC[C@@]3(O)CCN2CC(=O)Nc2ccccc2)cc1. The maximum absolute atomic E-state index is 12.9. The Kier molecular flexibility index (Phi) is 7.17. The number of carbonyl (C=O) groups is 1. The van der Waals surface area contributed by atoms with Gasteiger partial charge in [0.25, 0.3) is 0 Å². The number of nitrogens with one attached hydrogen (secondary N) is 1. The number of hydrogen-bond acceptors (Lipinski definition) is 4. The Balaban J connectivity index is 1.58. The minimum Gasteiger partial charge on any atom is -0.389 e. The number of anilines is 2. The number of carbonyl (C=O) groups excluding carboxylic acids is 1. The predicted octanol–water partition coefficient (Wildman–Crippen LogP) is 4.84. The number of piperidine rings is 1. The highest BCUT2D eigenvalue weighted by molar-refractivity contribution is 5.92. The molecule has 2 aliphatic rings. The van der Waals surface area contributed by atoms with E-state index >= 15 is 0 Å². The van der Waals surface area contributed by atoms with Crippen LogP contribution in [0.25, 0.3) is 0 Å². The number of likely N-dealkylation sites (tertiary alicyclic amines) is 1. The van der Waals surface area contributed by atoms with Gasteiger partial charge in [-0.15, -0.1) is 0 Å². The van der Waals surface area contributed by atoms with Gasteiger partial charge in [-0.1, -0.05) is 43.2 Å². The van der Waals surface area contributed by atoms with Gasteiger partial charge in [0.1, 0.15) is 0 Å². The molecule has 1 aliphatic carbocycles. The van der Waals surface area contributed by atoms with Crippen molar-refractivity contribution in [2.45, 2.75) is 57.6 Å². The minimum absolute atomic E-state index is 0.00205. The van der Waals surface area contributed by atoms with Crippen molar-refractivity contribution >= 4 is 17.3 Å². The van der Waals surface area contributed by atoms with Crippen molar-refractivity contribution in [1.29, 1.82) is 0 Å². The van der Waals surface area contributed by atoms with Gasteiger partial charge in [-0.3, -0.25) is 9.69 Å². The fraction of sp³-hybridized carbons (Fsp3) is 0.519. The van der Waals surface area contributed by atoms with Crippen LogP contribution in [0, 0.1) is 5.92 Å². The van der Waals surface area contributed by atoms with Crippen molar-refractivity contribution in [1.82, 2.24) is 4.90 Å². The molecule has 1 saturated heterocycles. The Morgan fingerprint density at radius 2 is 1.78 bits per heavy atom. The van der Waals surface area contributed by atoms with Crippen LogP contribution in [0.5, 0.6) is 0 Å². The van der Waals surface area contributed by atoms with E-state index < -0.39 is 5.60 Å². The lowest BCUT2D eigenvalue weighted by Crippen LogP contribution is -2.56. The quantitative estimate of drug-likeness (QED) is 0.653. The Morgan fingerprint density at radius 1 is 1.06 bits per heavy atom. The zero-order chi connectivity index (χ0) is 22.6. The van der Waals surface area contributed by atoms with E-state index in [1.54, 1.807) is 0 Å². The summed E-state index contributed by atoms with van der Waals surface area (Å²) in [6.07, 6.45) is 4.86. The van der Waals surface area contributed by atoms with Gasteiger partial charge in [0.2, 0.25) is 5.91 Å². The molecule has 0 radical (unpaired) electrons. The summed E-state index contributed by atoms with van der Waals surface area (Å²) in [7, 11) is 0. The van der Waals surface area contributed by atoms with Crippen molar-refractivity contribution in [3.05, 3.63) is 60.2 Å². The number of nitrogens with zero attached hydrogens (tertiary/aromatic N) is 2. The number of aliphatic hydroxyl groups is 1. The molecule has 5 nitrogen and oxygen atoms in total. The summed E-state index contributed by atoms with van der Waals surface area (Å²) in [4.78, 5) is 17.5. The van der Waals surface area contributed by atoms with E-state index in [0.717, 1.165) is 57.4 Å². The summed E-state index contributed by atoms with van der Waals surface area (Å²) in [5, 5.41) is 14.5. The monoisotopic (exact) mass is 435 g/mol. The number of amides is 1. The predicted molar refractivity (Wildman–Crippen MR) is 131 cm³/mol. The maximum Gasteiger partial charge on any atom is 0.238 e. The summed E-state index contributed by atoms with van der Waals surface area (Å²) in [5.74, 6) is 0.163. The molecule has 2 fully saturated rings. The second kappa shape index (κ2) is 10.1. The molecule has 0 bridgehead atoms. The van der Waals surface area contributed by atoms with Crippen LogP contribution in [0.4, 0.5) is 11.4 Å². The number of rotatable bonds is 7. The molecule has 32 heavy (non-hydrogen) atoms. The summed E-state index contributed by atoms with van der Waals surface area (Å²) in [6, 6.07) is 18.5. The molecule has 2 N–H and O–H groups in total. The van der Waals surface area contributed by atoms with Crippen molar-refractivity contribution in [3.8, 4) is 0 Å². The Hall–Kier alpha value is -2.37. The largest absolute Gasteiger partial charge is 0.389 e. The first-order valence-corrected chi connectivity index (χ1v) is 12.2. The third kappa shape index (κ3) is 4.84. The van der Waals surface area contributed by atoms with Crippen LogP contribution in [0.2, 0.25) is 0 Å². The van der Waals surface area contributed by atoms with E-state index in [-0.39, 0.29) is 17.9 Å².